The molecule has 3 atom stereocenters. The average Bonchev–Trinajstić information content (AvgIpc) is 3.24. The van der Waals surface area contributed by atoms with E-state index < -0.39 is 20.0 Å². The van der Waals surface area contributed by atoms with E-state index in [2.05, 4.69) is 79.9 Å². The van der Waals surface area contributed by atoms with Crippen LogP contribution in [0.3, 0.4) is 0 Å². The number of quaternary nitrogens is 1. The first-order chi connectivity index (χ1) is 30.5. The van der Waals surface area contributed by atoms with Crippen molar-refractivity contribution in [2.24, 2.45) is 0 Å². The third kappa shape index (κ3) is 48.0. The van der Waals surface area contributed by atoms with Crippen molar-refractivity contribution < 1.29 is 32.9 Å². The molecule has 0 aliphatic rings. The van der Waals surface area contributed by atoms with Gasteiger partial charge >= 0.3 is 7.82 Å². The Balaban J connectivity index is 4.31. The highest BCUT2D eigenvalue weighted by Crippen LogP contribution is 2.43. The number of aliphatic hydroxyl groups excluding tert-OH is 1. The van der Waals surface area contributed by atoms with Crippen molar-refractivity contribution in [1.82, 2.24) is 5.32 Å². The van der Waals surface area contributed by atoms with Gasteiger partial charge < -0.3 is 19.8 Å². The van der Waals surface area contributed by atoms with Crippen molar-refractivity contribution in [3.8, 4) is 0 Å². The zero-order valence-corrected chi connectivity index (χ0v) is 42.7. The van der Waals surface area contributed by atoms with Crippen LogP contribution in [0.2, 0.25) is 0 Å². The van der Waals surface area contributed by atoms with Crippen LogP contribution < -0.4 is 5.32 Å². The van der Waals surface area contributed by atoms with Gasteiger partial charge in [0, 0.05) is 6.42 Å². The Morgan fingerprint density at radius 1 is 0.556 bits per heavy atom. The summed E-state index contributed by atoms with van der Waals surface area (Å²) >= 11 is 0. The highest BCUT2D eigenvalue weighted by molar-refractivity contribution is 7.47. The van der Waals surface area contributed by atoms with Crippen molar-refractivity contribution in [3.63, 3.8) is 0 Å². The van der Waals surface area contributed by atoms with Gasteiger partial charge in [0.25, 0.3) is 0 Å². The number of nitrogens with one attached hydrogen (secondary N) is 1. The van der Waals surface area contributed by atoms with Gasteiger partial charge in [-0.2, -0.15) is 0 Å². The number of hydrogen-bond donors (Lipinski definition) is 3. The summed E-state index contributed by atoms with van der Waals surface area (Å²) in [5.74, 6) is -0.163. The molecule has 0 bridgehead atoms. The zero-order valence-electron chi connectivity index (χ0n) is 41.8. The Hall–Kier alpha value is -1.80. The fourth-order valence-corrected chi connectivity index (χ4v) is 8.16. The number of aliphatic hydroxyl groups is 1. The van der Waals surface area contributed by atoms with Gasteiger partial charge in [0.2, 0.25) is 5.91 Å². The van der Waals surface area contributed by atoms with Gasteiger partial charge in [0.1, 0.15) is 13.2 Å². The van der Waals surface area contributed by atoms with E-state index in [1.165, 1.54) is 109 Å². The Labute approximate surface area is 390 Å². The molecule has 0 aliphatic carbocycles. The predicted octanol–water partition coefficient (Wildman–Crippen LogP) is 15.4. The lowest BCUT2D eigenvalue weighted by atomic mass is 10.0. The number of nitrogens with zero attached hydrogens (tertiary/aromatic N) is 1. The molecule has 0 aromatic carbocycles. The van der Waals surface area contributed by atoms with Crippen molar-refractivity contribution >= 4 is 13.7 Å². The van der Waals surface area contributed by atoms with E-state index in [1.54, 1.807) is 0 Å². The Bertz CT molecular complexity index is 1210. The Kier molecular flexibility index (Phi) is 44.1. The second kappa shape index (κ2) is 45.4. The number of phosphoric acid groups is 1. The quantitative estimate of drug-likeness (QED) is 0.0243. The van der Waals surface area contributed by atoms with Gasteiger partial charge in [-0.3, -0.25) is 13.8 Å². The third-order valence-corrected chi connectivity index (χ3v) is 12.5. The average molecular weight is 906 g/mol. The molecule has 3 unspecified atom stereocenters. The number of hydrogen-bond acceptors (Lipinski definition) is 5. The number of phosphoric ester groups is 1. The summed E-state index contributed by atoms with van der Waals surface area (Å²) in [5.41, 5.74) is 0. The van der Waals surface area contributed by atoms with E-state index in [1.807, 2.05) is 21.1 Å². The van der Waals surface area contributed by atoms with Crippen LogP contribution in [0.4, 0.5) is 0 Å². The van der Waals surface area contributed by atoms with E-state index in [0.717, 1.165) is 89.9 Å². The van der Waals surface area contributed by atoms with Crippen LogP contribution in [-0.4, -0.2) is 73.4 Å². The van der Waals surface area contributed by atoms with Gasteiger partial charge in [-0.25, -0.2) is 4.57 Å². The molecule has 8 nitrogen and oxygen atoms in total. The van der Waals surface area contributed by atoms with Gasteiger partial charge in [0.15, 0.2) is 0 Å². The molecular formula is C54H102N2O6P+. The number of unbranched alkanes of at least 4 members (excludes halogenated alkanes) is 24. The lowest BCUT2D eigenvalue weighted by molar-refractivity contribution is -0.870. The highest BCUT2D eigenvalue weighted by Gasteiger charge is 2.28. The summed E-state index contributed by atoms with van der Waals surface area (Å²) in [5, 5.41) is 14.0. The smallest absolute Gasteiger partial charge is 0.391 e. The number of likely N-dealkylation sites (N-methyl/N-ethyl adjacent to an activating group) is 1. The summed E-state index contributed by atoms with van der Waals surface area (Å²) in [6, 6.07) is -0.774. The molecule has 63 heavy (non-hydrogen) atoms. The molecule has 3 N–H and O–H groups in total. The molecule has 0 fully saturated rings. The second-order valence-corrected chi connectivity index (χ2v) is 20.3. The minimum Gasteiger partial charge on any atom is -0.391 e. The number of amides is 1. The lowest BCUT2D eigenvalue weighted by Crippen LogP contribution is -2.46. The molecule has 0 aliphatic heterocycles. The second-order valence-electron chi connectivity index (χ2n) is 18.9. The maximum Gasteiger partial charge on any atom is 0.472 e. The molecular weight excluding hydrogens is 804 g/mol. The molecule has 0 saturated carbocycles. The molecule has 0 rings (SSSR count). The number of rotatable bonds is 47. The van der Waals surface area contributed by atoms with Crippen LogP contribution >= 0.6 is 7.82 Å². The van der Waals surface area contributed by atoms with E-state index in [0.29, 0.717) is 23.9 Å². The fourth-order valence-electron chi connectivity index (χ4n) is 7.43. The van der Waals surface area contributed by atoms with Crippen LogP contribution in [0.15, 0.2) is 60.8 Å². The molecule has 9 heteroatoms. The van der Waals surface area contributed by atoms with Crippen LogP contribution in [0, 0.1) is 0 Å². The summed E-state index contributed by atoms with van der Waals surface area (Å²) in [7, 11) is 1.60. The van der Waals surface area contributed by atoms with E-state index in [-0.39, 0.29) is 19.1 Å². The van der Waals surface area contributed by atoms with Crippen molar-refractivity contribution in [3.05, 3.63) is 60.8 Å². The number of carbonyl (C=O) groups excluding carboxylic acids is 1. The lowest BCUT2D eigenvalue weighted by Gasteiger charge is -2.26. The van der Waals surface area contributed by atoms with Crippen molar-refractivity contribution in [1.29, 1.82) is 0 Å². The first-order valence-electron chi connectivity index (χ1n) is 26.2. The standard InChI is InChI=1S/C54H101N2O6P/c1-6-8-10-12-14-16-18-20-22-24-26-28-30-32-34-36-38-40-42-44-46-48-54(58)55-52(51-62-63(59,60)61-50-49-56(3,4)5)53(57)47-45-43-41-39-37-35-33-31-29-27-25-23-21-19-17-15-13-11-9-7-2/h8,10,14,16,20,22,26,28,32,34,52-53,57H,6-7,9,11-13,15,17-19,21,23-25,27,29-31,33,35-51H2,1-5H3,(H-,55,58,59,60)/p+1/b10-8-,16-14-,22-20-,28-26-,34-32-. The van der Waals surface area contributed by atoms with Crippen LogP contribution in [0.25, 0.3) is 0 Å². The molecule has 0 aromatic rings. The normalized spacial score (nSPS) is 14.6. The summed E-state index contributed by atoms with van der Waals surface area (Å²) in [6.45, 7) is 4.77. The molecule has 368 valence electrons. The van der Waals surface area contributed by atoms with Gasteiger partial charge in [0.05, 0.1) is 39.9 Å². The fraction of sp³-hybridized carbons (Fsp3) is 0.796. The van der Waals surface area contributed by atoms with Gasteiger partial charge in [-0.05, 0) is 57.8 Å². The monoisotopic (exact) mass is 906 g/mol. The van der Waals surface area contributed by atoms with Crippen LogP contribution in [-0.2, 0) is 18.4 Å². The minimum absolute atomic E-state index is 0.0680. The number of allylic oxidation sites excluding steroid dienone is 10. The SMILES string of the molecule is CC/C=C\C/C=C\C/C=C\C/C=C\C/C=C\CCCCCCCC(=O)NC(COP(=O)(O)OCC[N+](C)(C)C)C(O)CCCCCCCCCCCCCCCCCCCCCC. The molecule has 0 radical (unpaired) electrons. The maximum atomic E-state index is 13.0. The largest absolute Gasteiger partial charge is 0.472 e. The first-order valence-corrected chi connectivity index (χ1v) is 27.6. The summed E-state index contributed by atoms with van der Waals surface area (Å²) in [6.07, 6.45) is 59.7. The molecule has 0 saturated heterocycles. The van der Waals surface area contributed by atoms with Crippen LogP contribution in [0.1, 0.15) is 226 Å². The Morgan fingerprint density at radius 2 is 0.952 bits per heavy atom. The highest BCUT2D eigenvalue weighted by atomic mass is 31.2. The minimum atomic E-state index is -4.33. The van der Waals surface area contributed by atoms with Gasteiger partial charge in [-0.1, -0.05) is 222 Å². The van der Waals surface area contributed by atoms with Crippen LogP contribution in [0.5, 0.6) is 0 Å². The summed E-state index contributed by atoms with van der Waals surface area (Å²) in [4.78, 5) is 23.3. The van der Waals surface area contributed by atoms with E-state index in [4.69, 9.17) is 9.05 Å². The molecule has 0 aromatic heterocycles. The number of carbonyl (C=O) groups is 1. The topological polar surface area (TPSA) is 105 Å². The van der Waals surface area contributed by atoms with Crippen molar-refractivity contribution in [2.45, 2.75) is 238 Å². The Morgan fingerprint density at radius 3 is 1.40 bits per heavy atom. The first kappa shape index (κ1) is 61.2. The zero-order chi connectivity index (χ0) is 46.4. The molecule has 0 heterocycles. The predicted molar refractivity (Wildman–Crippen MR) is 272 cm³/mol. The summed E-state index contributed by atoms with van der Waals surface area (Å²) < 4.78 is 23.7. The molecule has 1 amide bonds. The maximum absolute atomic E-state index is 13.0. The van der Waals surface area contributed by atoms with E-state index >= 15 is 0 Å². The van der Waals surface area contributed by atoms with Crippen molar-refractivity contribution in [2.75, 3.05) is 40.9 Å². The van der Waals surface area contributed by atoms with Gasteiger partial charge in [-0.15, -0.1) is 0 Å². The molecule has 0 spiro atoms. The van der Waals surface area contributed by atoms with E-state index in [9.17, 15) is 19.4 Å². The third-order valence-electron chi connectivity index (χ3n) is 11.5.